The van der Waals surface area contributed by atoms with Crippen LogP contribution in [0.15, 0.2) is 0 Å². The summed E-state index contributed by atoms with van der Waals surface area (Å²) in [6, 6.07) is 0. The first-order valence-electron chi connectivity index (χ1n) is 7.19. The van der Waals surface area contributed by atoms with Gasteiger partial charge in [0.15, 0.2) is 10.1 Å². The van der Waals surface area contributed by atoms with Gasteiger partial charge in [-0.3, -0.25) is 0 Å². The van der Waals surface area contributed by atoms with Crippen molar-refractivity contribution in [3.8, 4) is 0 Å². The highest BCUT2D eigenvalue weighted by Crippen LogP contribution is 2.56. The third-order valence-electron chi connectivity index (χ3n) is 5.38. The molecule has 0 aromatic carbocycles. The molecule has 0 heterocycles. The van der Waals surface area contributed by atoms with Gasteiger partial charge in [0.2, 0.25) is 0 Å². The van der Waals surface area contributed by atoms with E-state index in [4.69, 9.17) is 0 Å². The molecule has 0 saturated heterocycles. The number of esters is 1. The van der Waals surface area contributed by atoms with Crippen molar-refractivity contribution in [2.75, 3.05) is 6.61 Å². The number of alkyl halides is 2. The summed E-state index contributed by atoms with van der Waals surface area (Å²) in [6.45, 7) is -0.210. The summed E-state index contributed by atoms with van der Waals surface area (Å²) in [5, 5.41) is -5.00. The van der Waals surface area contributed by atoms with E-state index in [1.165, 1.54) is 6.42 Å². The van der Waals surface area contributed by atoms with Crippen LogP contribution in [-0.4, -0.2) is 30.8 Å². The highest BCUT2D eigenvalue weighted by molar-refractivity contribution is 7.87. The Bertz CT molecular complexity index is 517. The smallest absolute Gasteiger partial charge is 0.428 e. The molecular weight excluding hydrogens is 306 g/mol. The van der Waals surface area contributed by atoms with Gasteiger partial charge in [0.05, 0.1) is 6.61 Å². The average molecular weight is 323 g/mol. The fourth-order valence-electron chi connectivity index (χ4n) is 4.67. The van der Waals surface area contributed by atoms with E-state index in [9.17, 15) is 26.5 Å². The molecule has 4 rings (SSSR count). The molecule has 0 radical (unpaired) electrons. The third kappa shape index (κ3) is 2.56. The topological polar surface area (TPSA) is 83.5 Å². The first-order valence-corrected chi connectivity index (χ1v) is 8.59. The number of carbonyl (C=O) groups is 1. The van der Waals surface area contributed by atoms with Crippen LogP contribution in [-0.2, 0) is 19.6 Å². The van der Waals surface area contributed by atoms with E-state index in [0.29, 0.717) is 23.7 Å². The fourth-order valence-corrected chi connectivity index (χ4v) is 4.93. The SMILES string of the molecule is O=C(OCC1C2CC3CC(C2)CC1C3)C(F)(F)S(=O)(=O)[O-]. The summed E-state index contributed by atoms with van der Waals surface area (Å²) < 4.78 is 61.8. The Morgan fingerprint density at radius 2 is 1.57 bits per heavy atom. The lowest BCUT2D eigenvalue weighted by Gasteiger charge is -2.54. The molecule has 4 bridgehead atoms. The first kappa shape index (κ1) is 15.1. The highest BCUT2D eigenvalue weighted by atomic mass is 32.2. The number of hydrogen-bond acceptors (Lipinski definition) is 5. The van der Waals surface area contributed by atoms with E-state index in [2.05, 4.69) is 4.74 Å². The van der Waals surface area contributed by atoms with Crippen molar-refractivity contribution in [1.82, 2.24) is 0 Å². The van der Waals surface area contributed by atoms with E-state index in [0.717, 1.165) is 25.7 Å². The second-order valence-electron chi connectivity index (χ2n) is 6.66. The highest BCUT2D eigenvalue weighted by Gasteiger charge is 2.51. The lowest BCUT2D eigenvalue weighted by atomic mass is 9.52. The molecule has 120 valence electrons. The Hall–Kier alpha value is -0.760. The first-order chi connectivity index (χ1) is 9.68. The van der Waals surface area contributed by atoms with Gasteiger partial charge in [-0.25, -0.2) is 13.2 Å². The van der Waals surface area contributed by atoms with E-state index in [1.54, 1.807) is 0 Å². The number of carbonyl (C=O) groups excluding carboxylic acids is 1. The molecule has 21 heavy (non-hydrogen) atoms. The van der Waals surface area contributed by atoms with Crippen LogP contribution in [0.4, 0.5) is 8.78 Å². The zero-order valence-corrected chi connectivity index (χ0v) is 12.2. The van der Waals surface area contributed by atoms with Crippen molar-refractivity contribution < 1.29 is 31.3 Å². The van der Waals surface area contributed by atoms with Crippen molar-refractivity contribution in [2.24, 2.45) is 29.6 Å². The molecule has 8 heteroatoms. The van der Waals surface area contributed by atoms with E-state index < -0.39 is 21.3 Å². The monoisotopic (exact) mass is 323 g/mol. The Labute approximate surface area is 121 Å². The maximum atomic E-state index is 13.1. The molecule has 4 aliphatic carbocycles. The molecule has 4 fully saturated rings. The van der Waals surface area contributed by atoms with Gasteiger partial charge in [0.25, 0.3) is 0 Å². The predicted molar refractivity (Wildman–Crippen MR) is 66.1 cm³/mol. The molecule has 5 nitrogen and oxygen atoms in total. The third-order valence-corrected chi connectivity index (χ3v) is 6.18. The van der Waals surface area contributed by atoms with Gasteiger partial charge in [0.1, 0.15) is 0 Å². The predicted octanol–water partition coefficient (Wildman–Crippen LogP) is 1.74. The summed E-state index contributed by atoms with van der Waals surface area (Å²) in [7, 11) is -6.03. The second-order valence-corrected chi connectivity index (χ2v) is 8.08. The number of rotatable bonds is 4. The maximum Gasteiger partial charge on any atom is 0.428 e. The van der Waals surface area contributed by atoms with Crippen LogP contribution in [0.1, 0.15) is 32.1 Å². The van der Waals surface area contributed by atoms with Crippen molar-refractivity contribution in [3.05, 3.63) is 0 Å². The molecule has 0 aromatic heterocycles. The molecular formula is C13H17F2O5S-. The van der Waals surface area contributed by atoms with Crippen LogP contribution in [0.25, 0.3) is 0 Å². The minimum atomic E-state index is -6.03. The van der Waals surface area contributed by atoms with Crippen LogP contribution in [0, 0.1) is 29.6 Å². The Kier molecular flexibility index (Phi) is 3.52. The van der Waals surface area contributed by atoms with Gasteiger partial charge in [-0.05, 0) is 61.7 Å². The summed E-state index contributed by atoms with van der Waals surface area (Å²) in [6.07, 6.45) is 5.37. The molecule has 4 aliphatic rings. The average Bonchev–Trinajstić information content (AvgIpc) is 2.35. The van der Waals surface area contributed by atoms with Crippen LogP contribution in [0.3, 0.4) is 0 Å². The number of ether oxygens (including phenoxy) is 1. The quantitative estimate of drug-likeness (QED) is 0.581. The van der Waals surface area contributed by atoms with Gasteiger partial charge in [-0.2, -0.15) is 8.78 Å². The van der Waals surface area contributed by atoms with Crippen molar-refractivity contribution in [1.29, 1.82) is 0 Å². The fraction of sp³-hybridized carbons (Fsp3) is 0.923. The zero-order chi connectivity index (χ0) is 15.4. The maximum absolute atomic E-state index is 13.1. The molecule has 0 spiro atoms. The number of halogens is 2. The van der Waals surface area contributed by atoms with E-state index in [-0.39, 0.29) is 12.5 Å². The molecule has 0 aromatic rings. The lowest BCUT2D eigenvalue weighted by Crippen LogP contribution is -2.48. The Morgan fingerprint density at radius 1 is 1.10 bits per heavy atom. The summed E-state index contributed by atoms with van der Waals surface area (Å²) in [5.74, 6) is -0.0953. The largest absolute Gasteiger partial charge is 0.743 e. The molecule has 4 saturated carbocycles. The minimum absolute atomic E-state index is 0.0203. The van der Waals surface area contributed by atoms with Gasteiger partial charge in [0, 0.05) is 0 Å². The molecule has 0 amide bonds. The van der Waals surface area contributed by atoms with E-state index >= 15 is 0 Å². The van der Waals surface area contributed by atoms with Crippen molar-refractivity contribution in [3.63, 3.8) is 0 Å². The number of hydrogen-bond donors (Lipinski definition) is 0. The van der Waals surface area contributed by atoms with E-state index in [1.807, 2.05) is 0 Å². The summed E-state index contributed by atoms with van der Waals surface area (Å²) >= 11 is 0. The van der Waals surface area contributed by atoms with Crippen molar-refractivity contribution >= 4 is 16.1 Å². The molecule has 0 unspecified atom stereocenters. The normalized spacial score (nSPS) is 38.5. The van der Waals surface area contributed by atoms with Gasteiger partial charge >= 0.3 is 11.2 Å². The standard InChI is InChI=1S/C13H18F2O5S/c14-13(15,21(17,18)19)12(16)20-6-11-9-2-7-1-8(4-9)5-10(11)3-7/h7-11H,1-6H2,(H,17,18,19)/p-1. The van der Waals surface area contributed by atoms with Crippen molar-refractivity contribution in [2.45, 2.75) is 37.4 Å². The lowest BCUT2D eigenvalue weighted by molar-refractivity contribution is -0.167. The van der Waals surface area contributed by atoms with Crippen LogP contribution in [0.2, 0.25) is 0 Å². The second kappa shape index (κ2) is 4.87. The van der Waals surface area contributed by atoms with Gasteiger partial charge in [-0.15, -0.1) is 0 Å². The Morgan fingerprint density at radius 3 is 2.00 bits per heavy atom. The Balaban J connectivity index is 1.62. The molecule has 0 N–H and O–H groups in total. The summed E-state index contributed by atoms with van der Waals surface area (Å²) in [5.41, 5.74) is 0. The molecule has 0 aliphatic heterocycles. The minimum Gasteiger partial charge on any atom is -0.743 e. The molecule has 0 atom stereocenters. The zero-order valence-electron chi connectivity index (χ0n) is 11.3. The van der Waals surface area contributed by atoms with Gasteiger partial charge in [-0.1, -0.05) is 0 Å². The van der Waals surface area contributed by atoms with Crippen LogP contribution in [0.5, 0.6) is 0 Å². The van der Waals surface area contributed by atoms with Gasteiger partial charge < -0.3 is 9.29 Å². The summed E-state index contributed by atoms with van der Waals surface area (Å²) in [4.78, 5) is 11.2. The van der Waals surface area contributed by atoms with Crippen LogP contribution >= 0.6 is 0 Å². The van der Waals surface area contributed by atoms with Crippen LogP contribution < -0.4 is 0 Å².